The lowest BCUT2D eigenvalue weighted by Gasteiger charge is -2.26. The first-order valence-electron chi connectivity index (χ1n) is 12.7. The van der Waals surface area contributed by atoms with Crippen LogP contribution >= 0.6 is 11.8 Å². The first-order valence-corrected chi connectivity index (χ1v) is 13.8. The summed E-state index contributed by atoms with van der Waals surface area (Å²) in [7, 11) is 0. The lowest BCUT2D eigenvalue weighted by Crippen LogP contribution is -2.49. The number of carbonyl (C=O) groups excluding carboxylic acids is 1. The zero-order chi connectivity index (χ0) is 27.6. The fourth-order valence-corrected chi connectivity index (χ4v) is 5.06. The average molecular weight is 555 g/mol. The van der Waals surface area contributed by atoms with Gasteiger partial charge in [0.1, 0.15) is 11.6 Å². The zero-order valence-electron chi connectivity index (χ0n) is 21.6. The van der Waals surface area contributed by atoms with E-state index in [0.717, 1.165) is 23.7 Å². The predicted octanol–water partition coefficient (Wildman–Crippen LogP) is 4.11. The van der Waals surface area contributed by atoms with Gasteiger partial charge in [-0.3, -0.25) is 10.2 Å². The molecule has 4 rings (SSSR count). The molecule has 4 N–H and O–H groups in total. The molecule has 3 aromatic rings. The number of anilines is 1. The normalized spacial score (nSPS) is 16.1. The van der Waals surface area contributed by atoms with Gasteiger partial charge in [0.15, 0.2) is 5.50 Å². The smallest absolute Gasteiger partial charge is 0.230 e. The van der Waals surface area contributed by atoms with E-state index in [1.165, 1.54) is 29.5 Å². The number of hydrogen-bond acceptors (Lipinski definition) is 8. The number of aliphatic hydroxyl groups excluding tert-OH is 1. The minimum Gasteiger partial charge on any atom is -0.390 e. The molecule has 0 aromatic heterocycles. The molecule has 0 saturated carbocycles. The fraction of sp³-hybridized carbons (Fsp3) is 0.321. The number of halogens is 2. The van der Waals surface area contributed by atoms with Crippen molar-refractivity contribution < 1.29 is 18.7 Å². The Morgan fingerprint density at radius 3 is 2.54 bits per heavy atom. The van der Waals surface area contributed by atoms with E-state index in [9.17, 15) is 18.7 Å². The van der Waals surface area contributed by atoms with Crippen LogP contribution in [0.15, 0.2) is 83.2 Å². The fourth-order valence-electron chi connectivity index (χ4n) is 4.24. The van der Waals surface area contributed by atoms with Crippen molar-refractivity contribution >= 4 is 23.4 Å². The van der Waals surface area contributed by atoms with Crippen LogP contribution in [-0.2, 0) is 24.2 Å². The lowest BCUT2D eigenvalue weighted by atomic mass is 10.0. The second-order valence-electron chi connectivity index (χ2n) is 9.19. The Bertz CT molecular complexity index is 1250. The molecule has 206 valence electrons. The number of para-hydroxylation sites is 1. The molecule has 0 bridgehead atoms. The number of hydrogen-bond donors (Lipinski definition) is 4. The summed E-state index contributed by atoms with van der Waals surface area (Å²) in [6, 6.07) is 20.0. The average Bonchev–Trinajstić information content (AvgIpc) is 3.40. The van der Waals surface area contributed by atoms with Crippen LogP contribution in [0.25, 0.3) is 0 Å². The molecule has 1 unspecified atom stereocenters. The van der Waals surface area contributed by atoms with Crippen LogP contribution in [0, 0.1) is 11.6 Å². The molecule has 0 spiro atoms. The number of benzene rings is 3. The summed E-state index contributed by atoms with van der Waals surface area (Å²) in [5.74, 6) is -1.72. The van der Waals surface area contributed by atoms with Crippen LogP contribution in [0.4, 0.5) is 14.5 Å². The molecule has 1 heterocycles. The second kappa shape index (κ2) is 14.0. The van der Waals surface area contributed by atoms with E-state index in [4.69, 9.17) is 0 Å². The number of rotatable bonds is 13. The van der Waals surface area contributed by atoms with E-state index in [1.807, 2.05) is 42.5 Å². The van der Waals surface area contributed by atoms with Crippen LogP contribution in [0.5, 0.6) is 0 Å². The van der Waals surface area contributed by atoms with Crippen molar-refractivity contribution in [1.82, 2.24) is 16.1 Å². The summed E-state index contributed by atoms with van der Waals surface area (Å²) in [4.78, 5) is 12.9. The maximum absolute atomic E-state index is 13.8. The Balaban J connectivity index is 1.36. The zero-order valence-corrected chi connectivity index (χ0v) is 22.4. The van der Waals surface area contributed by atoms with Crippen LogP contribution in [-0.4, -0.2) is 41.0 Å². The lowest BCUT2D eigenvalue weighted by molar-refractivity contribution is -0.120. The molecule has 1 aliphatic heterocycles. The van der Waals surface area contributed by atoms with Gasteiger partial charge in [0.05, 0.1) is 23.6 Å². The molecule has 1 aliphatic rings. The summed E-state index contributed by atoms with van der Waals surface area (Å²) in [5, 5.41) is 26.6. The van der Waals surface area contributed by atoms with Crippen molar-refractivity contribution in [2.24, 2.45) is 10.4 Å². The highest BCUT2D eigenvalue weighted by molar-refractivity contribution is 8.00. The van der Waals surface area contributed by atoms with Crippen molar-refractivity contribution in [2.45, 2.75) is 44.0 Å². The van der Waals surface area contributed by atoms with E-state index in [0.29, 0.717) is 12.1 Å². The standard InChI is InChI=1S/C28H32F2N6O2S/c1-2-19-7-6-8-20(11-19)16-31-17-26(37)25(14-21-12-22(29)15-23(30)13-21)32-27(38)18-39-28-33-34-35-36(28)24-9-4-3-5-10-24/h3-13,15,25-26,28,31,37H,2,14,16-18H2,1H3,(H,32,38)(H,33,35)/t25-,26+,28?/m0/s1. The third-order valence-corrected chi connectivity index (χ3v) is 7.25. The van der Waals surface area contributed by atoms with E-state index in [1.54, 1.807) is 5.01 Å². The molecule has 0 aliphatic carbocycles. The first kappa shape index (κ1) is 28.5. The molecule has 3 aromatic carbocycles. The van der Waals surface area contributed by atoms with Crippen molar-refractivity contribution in [1.29, 1.82) is 0 Å². The summed E-state index contributed by atoms with van der Waals surface area (Å²) in [5.41, 5.74) is 5.93. The highest BCUT2D eigenvalue weighted by Crippen LogP contribution is 2.25. The summed E-state index contributed by atoms with van der Waals surface area (Å²) in [6.45, 7) is 2.80. The first-order chi connectivity index (χ1) is 18.9. The Labute approximate surface area is 230 Å². The minimum atomic E-state index is -1.00. The summed E-state index contributed by atoms with van der Waals surface area (Å²) >= 11 is 1.28. The van der Waals surface area contributed by atoms with Gasteiger partial charge in [0.25, 0.3) is 0 Å². The van der Waals surface area contributed by atoms with Crippen molar-refractivity contribution in [3.63, 3.8) is 0 Å². The monoisotopic (exact) mass is 554 g/mol. The van der Waals surface area contributed by atoms with Crippen molar-refractivity contribution in [2.75, 3.05) is 17.3 Å². The molecule has 3 atom stereocenters. The second-order valence-corrected chi connectivity index (χ2v) is 10.3. The number of aliphatic hydroxyl groups is 1. The molecular formula is C28H32F2N6O2S. The van der Waals surface area contributed by atoms with Gasteiger partial charge in [0.2, 0.25) is 5.91 Å². The Morgan fingerprint density at radius 1 is 1.05 bits per heavy atom. The molecule has 11 heteroatoms. The minimum absolute atomic E-state index is 0.0456. The number of carbonyl (C=O) groups is 1. The number of amides is 1. The van der Waals surface area contributed by atoms with E-state index >= 15 is 0 Å². The number of nitrogens with zero attached hydrogens (tertiary/aromatic N) is 3. The topological polar surface area (TPSA) is 101 Å². The van der Waals surface area contributed by atoms with Gasteiger partial charge in [-0.15, -0.1) is 11.8 Å². The Morgan fingerprint density at radius 2 is 1.79 bits per heavy atom. The van der Waals surface area contributed by atoms with E-state index in [2.05, 4.69) is 45.6 Å². The van der Waals surface area contributed by atoms with E-state index in [-0.39, 0.29) is 30.1 Å². The molecule has 1 amide bonds. The van der Waals surface area contributed by atoms with Gasteiger partial charge in [-0.05, 0) is 59.0 Å². The molecule has 0 saturated heterocycles. The van der Waals surface area contributed by atoms with E-state index < -0.39 is 23.8 Å². The van der Waals surface area contributed by atoms with Gasteiger partial charge >= 0.3 is 0 Å². The van der Waals surface area contributed by atoms with Gasteiger partial charge in [-0.25, -0.2) is 13.8 Å². The number of nitrogens with one attached hydrogen (secondary N) is 3. The molecule has 0 fully saturated rings. The van der Waals surface area contributed by atoms with Crippen molar-refractivity contribution in [3.05, 3.63) is 101 Å². The third-order valence-electron chi connectivity index (χ3n) is 6.20. The highest BCUT2D eigenvalue weighted by atomic mass is 32.2. The quantitative estimate of drug-likeness (QED) is 0.254. The van der Waals surface area contributed by atoms with Crippen LogP contribution in [0.3, 0.4) is 0 Å². The molecule has 39 heavy (non-hydrogen) atoms. The molecule has 8 nitrogen and oxygen atoms in total. The van der Waals surface area contributed by atoms with Gasteiger partial charge in [-0.1, -0.05) is 54.6 Å². The molecular weight excluding hydrogens is 522 g/mol. The number of thioether (sulfide) groups is 1. The van der Waals surface area contributed by atoms with Crippen LogP contribution in [0.1, 0.15) is 23.6 Å². The van der Waals surface area contributed by atoms with Crippen LogP contribution in [0.2, 0.25) is 0 Å². The highest BCUT2D eigenvalue weighted by Gasteiger charge is 2.27. The Kier molecular flexibility index (Phi) is 10.2. The Hall–Kier alpha value is -3.54. The van der Waals surface area contributed by atoms with Gasteiger partial charge in [-0.2, -0.15) is 0 Å². The molecule has 0 radical (unpaired) electrons. The maximum Gasteiger partial charge on any atom is 0.230 e. The summed E-state index contributed by atoms with van der Waals surface area (Å²) < 4.78 is 27.7. The predicted molar refractivity (Wildman–Crippen MR) is 149 cm³/mol. The summed E-state index contributed by atoms with van der Waals surface area (Å²) in [6.07, 6.45) is -0.0222. The van der Waals surface area contributed by atoms with Crippen molar-refractivity contribution in [3.8, 4) is 0 Å². The van der Waals surface area contributed by atoms with Gasteiger partial charge in [0, 0.05) is 19.2 Å². The number of aryl methyl sites for hydroxylation is 1. The maximum atomic E-state index is 13.8. The third kappa shape index (κ3) is 8.47. The largest absolute Gasteiger partial charge is 0.390 e. The van der Waals surface area contributed by atoms with Gasteiger partial charge < -0.3 is 15.7 Å². The SMILES string of the molecule is CCc1cccc(CNC[C@@H](O)[C@H](Cc2cc(F)cc(F)c2)NC(=O)CSC2NN=NN2c2ccccc2)c1. The van der Waals surface area contributed by atoms with Crippen LogP contribution < -0.4 is 21.1 Å².